The van der Waals surface area contributed by atoms with Crippen molar-refractivity contribution in [2.75, 3.05) is 35.2 Å². The number of aryl methyl sites for hydroxylation is 1. The Morgan fingerprint density at radius 1 is 1.15 bits per heavy atom. The predicted octanol–water partition coefficient (Wildman–Crippen LogP) is 5.17. The minimum atomic E-state index is -0.438. The van der Waals surface area contributed by atoms with E-state index in [0.717, 1.165) is 54.6 Å². The van der Waals surface area contributed by atoms with Gasteiger partial charge in [0.2, 0.25) is 11.9 Å². The van der Waals surface area contributed by atoms with Gasteiger partial charge in [-0.25, -0.2) is 15.0 Å². The zero-order valence-electron chi connectivity index (χ0n) is 20.1. The third-order valence-electron chi connectivity index (χ3n) is 6.85. The third-order valence-corrected chi connectivity index (χ3v) is 7.04. The van der Waals surface area contributed by atoms with Crippen molar-refractivity contribution in [2.45, 2.75) is 53.4 Å². The summed E-state index contributed by atoms with van der Waals surface area (Å²) < 4.78 is 0. The van der Waals surface area contributed by atoms with Crippen molar-refractivity contribution in [3.8, 4) is 0 Å². The molecular formula is C25H35ClN6O. The first kappa shape index (κ1) is 23.7. The number of carbonyl (C=O) groups is 1. The van der Waals surface area contributed by atoms with E-state index in [-0.39, 0.29) is 5.91 Å². The fraction of sp³-hybridized carbons (Fsp3) is 0.600. The number of piperidine rings is 1. The molecule has 1 aliphatic heterocycles. The maximum absolute atomic E-state index is 12.2. The minimum Gasteiger partial charge on any atom is -0.384 e. The van der Waals surface area contributed by atoms with E-state index in [1.54, 1.807) is 12.4 Å². The molecule has 0 bridgehead atoms. The number of hydrogen-bond acceptors (Lipinski definition) is 6. The molecule has 1 aliphatic carbocycles. The van der Waals surface area contributed by atoms with Crippen molar-refractivity contribution >= 4 is 35.0 Å². The lowest BCUT2D eigenvalue weighted by Gasteiger charge is -2.32. The zero-order valence-corrected chi connectivity index (χ0v) is 20.8. The molecule has 1 saturated carbocycles. The van der Waals surface area contributed by atoms with Crippen molar-refractivity contribution in [3.63, 3.8) is 0 Å². The van der Waals surface area contributed by atoms with Gasteiger partial charge in [-0.1, -0.05) is 32.4 Å². The van der Waals surface area contributed by atoms with Crippen molar-refractivity contribution < 1.29 is 4.79 Å². The molecule has 33 heavy (non-hydrogen) atoms. The van der Waals surface area contributed by atoms with Crippen LogP contribution in [0.15, 0.2) is 24.7 Å². The molecule has 2 aliphatic rings. The smallest absolute Gasteiger partial charge is 0.230 e. The average Bonchev–Trinajstić information content (AvgIpc) is 3.55. The van der Waals surface area contributed by atoms with Crippen LogP contribution in [0.3, 0.4) is 0 Å². The van der Waals surface area contributed by atoms with Gasteiger partial charge in [0.1, 0.15) is 5.82 Å². The monoisotopic (exact) mass is 470 g/mol. The summed E-state index contributed by atoms with van der Waals surface area (Å²) in [5.41, 5.74) is 1.54. The Morgan fingerprint density at radius 2 is 1.85 bits per heavy atom. The first-order valence-corrected chi connectivity index (χ1v) is 12.3. The van der Waals surface area contributed by atoms with E-state index in [9.17, 15) is 4.79 Å². The Bertz CT molecular complexity index is 966. The second-order valence-corrected chi connectivity index (χ2v) is 10.9. The summed E-state index contributed by atoms with van der Waals surface area (Å²) in [6.07, 6.45) is 10.1. The van der Waals surface area contributed by atoms with Crippen LogP contribution in [0.1, 0.15) is 52.0 Å². The van der Waals surface area contributed by atoms with Crippen molar-refractivity contribution in [1.29, 1.82) is 0 Å². The highest BCUT2D eigenvalue weighted by molar-refractivity contribution is 6.30. The van der Waals surface area contributed by atoms with Gasteiger partial charge >= 0.3 is 0 Å². The third kappa shape index (κ3) is 6.14. The summed E-state index contributed by atoms with van der Waals surface area (Å²) in [4.78, 5) is 27.6. The normalized spacial score (nSPS) is 21.1. The van der Waals surface area contributed by atoms with Gasteiger partial charge in [-0.2, -0.15) is 0 Å². The Labute approximate surface area is 201 Å². The summed E-state index contributed by atoms with van der Waals surface area (Å²) in [6.45, 7) is 10.7. The Hall–Kier alpha value is -2.41. The van der Waals surface area contributed by atoms with Crippen LogP contribution in [0.4, 0.5) is 17.5 Å². The maximum atomic E-state index is 12.2. The predicted molar refractivity (Wildman–Crippen MR) is 134 cm³/mol. The van der Waals surface area contributed by atoms with Gasteiger partial charge in [0, 0.05) is 25.0 Å². The van der Waals surface area contributed by atoms with Crippen molar-refractivity contribution in [3.05, 3.63) is 35.2 Å². The number of hydrogen-bond donors (Lipinski definition) is 2. The fourth-order valence-electron chi connectivity index (χ4n) is 4.68. The van der Waals surface area contributed by atoms with E-state index in [1.807, 2.05) is 33.9 Å². The molecule has 178 valence electrons. The minimum absolute atomic E-state index is 0.0230. The van der Waals surface area contributed by atoms with Crippen LogP contribution >= 0.6 is 11.6 Å². The Balaban J connectivity index is 1.18. The number of rotatable bonds is 7. The van der Waals surface area contributed by atoms with E-state index in [4.69, 9.17) is 11.6 Å². The molecule has 1 saturated heterocycles. The molecule has 0 spiro atoms. The van der Waals surface area contributed by atoms with Crippen LogP contribution in [0.2, 0.25) is 5.02 Å². The zero-order chi connectivity index (χ0) is 23.6. The number of carbonyl (C=O) groups excluding carboxylic acids is 1. The molecule has 2 aromatic heterocycles. The molecule has 8 heteroatoms. The molecule has 2 aromatic rings. The van der Waals surface area contributed by atoms with E-state index < -0.39 is 5.41 Å². The van der Waals surface area contributed by atoms with Gasteiger partial charge in [0.05, 0.1) is 29.3 Å². The molecular weight excluding hydrogens is 436 g/mol. The number of aromatic nitrogens is 3. The number of halogens is 1. The first-order chi connectivity index (χ1) is 15.7. The number of nitrogens with one attached hydrogen (secondary N) is 2. The Morgan fingerprint density at radius 3 is 2.48 bits per heavy atom. The molecule has 2 N–H and O–H groups in total. The highest BCUT2D eigenvalue weighted by atomic mass is 35.5. The first-order valence-electron chi connectivity index (χ1n) is 11.9. The lowest BCUT2D eigenvalue weighted by Crippen LogP contribution is -2.35. The van der Waals surface area contributed by atoms with Crippen LogP contribution in [0.25, 0.3) is 0 Å². The molecule has 2 fully saturated rings. The van der Waals surface area contributed by atoms with Gasteiger partial charge in [-0.15, -0.1) is 0 Å². The van der Waals surface area contributed by atoms with Gasteiger partial charge in [0.25, 0.3) is 0 Å². The summed E-state index contributed by atoms with van der Waals surface area (Å²) in [5.74, 6) is 3.90. The van der Waals surface area contributed by atoms with Crippen LogP contribution in [0.5, 0.6) is 0 Å². The molecule has 0 radical (unpaired) electrons. The maximum Gasteiger partial charge on any atom is 0.230 e. The second-order valence-electron chi connectivity index (χ2n) is 10.5. The topological polar surface area (TPSA) is 83.0 Å². The van der Waals surface area contributed by atoms with Crippen LogP contribution in [-0.2, 0) is 4.79 Å². The van der Waals surface area contributed by atoms with Gasteiger partial charge in [-0.05, 0) is 62.0 Å². The van der Waals surface area contributed by atoms with Crippen molar-refractivity contribution in [2.24, 2.45) is 23.2 Å². The highest BCUT2D eigenvalue weighted by Crippen LogP contribution is 2.49. The summed E-state index contributed by atoms with van der Waals surface area (Å²) in [5, 5.41) is 7.02. The van der Waals surface area contributed by atoms with Crippen LogP contribution in [-0.4, -0.2) is 40.5 Å². The highest BCUT2D eigenvalue weighted by Gasteiger charge is 2.43. The number of nitrogens with zero attached hydrogens (tertiary/aromatic N) is 4. The molecule has 1 amide bonds. The summed E-state index contributed by atoms with van der Waals surface area (Å²) >= 11 is 5.90. The SMILES string of the molecule is Cc1cc(NCCC2CC2C2CCN(c3ncc(Cl)cn3)CC2)cnc1NC(=O)C(C)(C)C. The van der Waals surface area contributed by atoms with E-state index >= 15 is 0 Å². The number of anilines is 3. The second kappa shape index (κ2) is 9.84. The quantitative estimate of drug-likeness (QED) is 0.580. The summed E-state index contributed by atoms with van der Waals surface area (Å²) in [7, 11) is 0. The lowest BCUT2D eigenvalue weighted by atomic mass is 9.90. The van der Waals surface area contributed by atoms with Crippen LogP contribution in [0, 0.1) is 30.1 Å². The van der Waals surface area contributed by atoms with E-state index in [1.165, 1.54) is 25.7 Å². The molecule has 2 atom stereocenters. The lowest BCUT2D eigenvalue weighted by molar-refractivity contribution is -0.123. The Kier molecular flexibility index (Phi) is 7.07. The fourth-order valence-corrected chi connectivity index (χ4v) is 4.77. The van der Waals surface area contributed by atoms with Crippen LogP contribution < -0.4 is 15.5 Å². The number of pyridine rings is 1. The summed E-state index contributed by atoms with van der Waals surface area (Å²) in [6, 6.07) is 2.06. The molecule has 7 nitrogen and oxygen atoms in total. The molecule has 0 aromatic carbocycles. The number of amides is 1. The van der Waals surface area contributed by atoms with E-state index in [2.05, 4.69) is 36.6 Å². The standard InChI is InChI=1S/C25H35ClN6O/c1-16-11-20(15-28-22(16)31-23(33)25(2,3)4)27-8-5-18-12-21(18)17-6-9-32(10-7-17)24-29-13-19(26)14-30-24/h11,13-15,17-18,21,27H,5-10,12H2,1-4H3,(H,28,31,33). The van der Waals surface area contributed by atoms with Gasteiger partial charge in [0.15, 0.2) is 0 Å². The molecule has 2 unspecified atom stereocenters. The van der Waals surface area contributed by atoms with Gasteiger partial charge in [-0.3, -0.25) is 4.79 Å². The average molecular weight is 471 g/mol. The van der Waals surface area contributed by atoms with E-state index in [0.29, 0.717) is 10.8 Å². The molecule has 3 heterocycles. The molecule has 4 rings (SSSR count). The van der Waals surface area contributed by atoms with Crippen molar-refractivity contribution in [1.82, 2.24) is 15.0 Å². The van der Waals surface area contributed by atoms with Gasteiger partial charge < -0.3 is 15.5 Å². The largest absolute Gasteiger partial charge is 0.384 e.